The van der Waals surface area contributed by atoms with Crippen LogP contribution in [0.2, 0.25) is 0 Å². The lowest BCUT2D eigenvalue weighted by molar-refractivity contribution is -0.237. The number of fused-ring (bicyclic) bond motifs is 1. The number of hydrogen-bond acceptors (Lipinski definition) is 2. The van der Waals surface area contributed by atoms with E-state index in [4.69, 9.17) is 9.47 Å². The van der Waals surface area contributed by atoms with Crippen molar-refractivity contribution in [1.82, 2.24) is 0 Å². The highest BCUT2D eigenvalue weighted by Gasteiger charge is 2.69. The maximum atomic E-state index is 6.50. The molecule has 4 rings (SSSR count). The van der Waals surface area contributed by atoms with Crippen LogP contribution in [0.15, 0.2) is 11.6 Å². The van der Waals surface area contributed by atoms with Crippen LogP contribution in [0.4, 0.5) is 0 Å². The minimum absolute atomic E-state index is 0.113. The lowest BCUT2D eigenvalue weighted by atomic mass is 9.72. The lowest BCUT2D eigenvalue weighted by Gasteiger charge is -2.38. The van der Waals surface area contributed by atoms with Crippen molar-refractivity contribution >= 4 is 0 Å². The monoisotopic (exact) mass is 220 g/mol. The average Bonchev–Trinajstić information content (AvgIpc) is 2.74. The van der Waals surface area contributed by atoms with Gasteiger partial charge in [0.15, 0.2) is 5.79 Å². The summed E-state index contributed by atoms with van der Waals surface area (Å²) in [5.74, 6) is 0.388. The fraction of sp³-hybridized carbons (Fsp3) is 0.857. The molecule has 2 saturated heterocycles. The van der Waals surface area contributed by atoms with Gasteiger partial charge in [-0.15, -0.1) is 0 Å². The van der Waals surface area contributed by atoms with Gasteiger partial charge in [0.25, 0.3) is 0 Å². The summed E-state index contributed by atoms with van der Waals surface area (Å²) in [5, 5.41) is 0. The molecule has 2 aliphatic heterocycles. The summed E-state index contributed by atoms with van der Waals surface area (Å²) >= 11 is 0. The molecule has 0 aromatic heterocycles. The highest BCUT2D eigenvalue weighted by atomic mass is 16.7. The van der Waals surface area contributed by atoms with Crippen LogP contribution in [0.3, 0.4) is 0 Å². The van der Waals surface area contributed by atoms with Crippen LogP contribution in [0.5, 0.6) is 0 Å². The summed E-state index contributed by atoms with van der Waals surface area (Å²) in [5.41, 5.74) is 2.01. The minimum Gasteiger partial charge on any atom is -0.350 e. The van der Waals surface area contributed by atoms with E-state index < -0.39 is 0 Å². The van der Waals surface area contributed by atoms with Gasteiger partial charge in [0.2, 0.25) is 0 Å². The van der Waals surface area contributed by atoms with Crippen molar-refractivity contribution in [3.05, 3.63) is 11.6 Å². The first kappa shape index (κ1) is 9.67. The summed E-state index contributed by atoms with van der Waals surface area (Å²) in [6.07, 6.45) is 8.61. The summed E-state index contributed by atoms with van der Waals surface area (Å²) in [7, 11) is 0. The van der Waals surface area contributed by atoms with E-state index in [0.29, 0.717) is 11.3 Å². The highest BCUT2D eigenvalue weighted by Crippen LogP contribution is 2.69. The van der Waals surface area contributed by atoms with Crippen molar-refractivity contribution in [2.45, 2.75) is 57.3 Å². The van der Waals surface area contributed by atoms with Crippen molar-refractivity contribution in [2.75, 3.05) is 6.61 Å². The van der Waals surface area contributed by atoms with Gasteiger partial charge in [-0.25, -0.2) is 0 Å². The second-order valence-electron chi connectivity index (χ2n) is 6.36. The fourth-order valence-corrected chi connectivity index (χ4v) is 4.98. The molecule has 1 spiro atoms. The maximum absolute atomic E-state index is 6.50. The number of ether oxygens (including phenoxy) is 2. The first-order valence-electron chi connectivity index (χ1n) is 6.63. The van der Waals surface area contributed by atoms with Crippen LogP contribution in [0.1, 0.15) is 46.0 Å². The molecule has 0 radical (unpaired) electrons. The normalized spacial score (nSPS) is 58.4. The Labute approximate surface area is 97.0 Å². The molecule has 2 aliphatic carbocycles. The van der Waals surface area contributed by atoms with E-state index in [2.05, 4.69) is 19.9 Å². The van der Waals surface area contributed by atoms with Crippen molar-refractivity contribution < 1.29 is 9.47 Å². The van der Waals surface area contributed by atoms with E-state index in [9.17, 15) is 0 Å². The SMILES string of the molecule is CC1=C[C@]23CCOC4(C)CCC2(O4)C1CC3. The predicted molar refractivity (Wildman–Crippen MR) is 60.9 cm³/mol. The van der Waals surface area contributed by atoms with Gasteiger partial charge in [0.1, 0.15) is 0 Å². The van der Waals surface area contributed by atoms with Gasteiger partial charge >= 0.3 is 0 Å². The maximum Gasteiger partial charge on any atom is 0.166 e. The fourth-order valence-electron chi connectivity index (χ4n) is 4.98. The Morgan fingerprint density at radius 2 is 2.12 bits per heavy atom. The molecule has 0 N–H and O–H groups in total. The van der Waals surface area contributed by atoms with E-state index in [0.717, 1.165) is 19.4 Å². The molecule has 2 heteroatoms. The third kappa shape index (κ3) is 0.853. The summed E-state index contributed by atoms with van der Waals surface area (Å²) in [6, 6.07) is 0. The van der Waals surface area contributed by atoms with Crippen molar-refractivity contribution in [2.24, 2.45) is 11.3 Å². The Balaban J connectivity index is 1.88. The Morgan fingerprint density at radius 1 is 1.25 bits per heavy atom. The van der Waals surface area contributed by atoms with Gasteiger partial charge in [0, 0.05) is 17.8 Å². The molecule has 3 fully saturated rings. The summed E-state index contributed by atoms with van der Waals surface area (Å²) in [4.78, 5) is 0. The first-order chi connectivity index (χ1) is 7.59. The average molecular weight is 220 g/mol. The van der Waals surface area contributed by atoms with Gasteiger partial charge in [-0.3, -0.25) is 0 Å². The van der Waals surface area contributed by atoms with Crippen molar-refractivity contribution in [1.29, 1.82) is 0 Å². The van der Waals surface area contributed by atoms with Crippen molar-refractivity contribution in [3.8, 4) is 0 Å². The lowest BCUT2D eigenvalue weighted by Crippen LogP contribution is -2.44. The second-order valence-corrected chi connectivity index (χ2v) is 6.36. The van der Waals surface area contributed by atoms with E-state index >= 15 is 0 Å². The highest BCUT2D eigenvalue weighted by molar-refractivity contribution is 5.35. The van der Waals surface area contributed by atoms with Crippen molar-refractivity contribution in [3.63, 3.8) is 0 Å². The number of hydrogen-bond donors (Lipinski definition) is 0. The van der Waals surface area contributed by atoms with E-state index in [1.54, 1.807) is 5.57 Å². The van der Waals surface area contributed by atoms with Crippen LogP contribution in [0.25, 0.3) is 0 Å². The zero-order valence-electron chi connectivity index (χ0n) is 10.2. The molecule has 0 aromatic carbocycles. The molecule has 3 unspecified atom stereocenters. The molecule has 4 bridgehead atoms. The molecule has 2 nitrogen and oxygen atoms in total. The second kappa shape index (κ2) is 2.56. The third-order valence-corrected chi connectivity index (χ3v) is 5.64. The summed E-state index contributed by atoms with van der Waals surface area (Å²) in [6.45, 7) is 5.30. The third-order valence-electron chi connectivity index (χ3n) is 5.64. The molecule has 0 aromatic rings. The molecule has 1 saturated carbocycles. The molecule has 2 heterocycles. The van der Waals surface area contributed by atoms with Gasteiger partial charge in [-0.1, -0.05) is 11.6 Å². The van der Waals surface area contributed by atoms with Crippen LogP contribution in [-0.4, -0.2) is 18.0 Å². The van der Waals surface area contributed by atoms with Gasteiger partial charge in [-0.05, 0) is 39.5 Å². The van der Waals surface area contributed by atoms with E-state index in [1.807, 2.05) is 0 Å². The largest absolute Gasteiger partial charge is 0.350 e. The van der Waals surface area contributed by atoms with E-state index in [-0.39, 0.29) is 11.4 Å². The molecule has 16 heavy (non-hydrogen) atoms. The van der Waals surface area contributed by atoms with Crippen LogP contribution in [-0.2, 0) is 9.47 Å². The van der Waals surface area contributed by atoms with E-state index in [1.165, 1.54) is 19.3 Å². The summed E-state index contributed by atoms with van der Waals surface area (Å²) < 4.78 is 12.4. The van der Waals surface area contributed by atoms with Crippen LogP contribution < -0.4 is 0 Å². The Bertz CT molecular complexity index is 388. The molecular weight excluding hydrogens is 200 g/mol. The predicted octanol–water partition coefficient (Wildman–Crippen LogP) is 3.03. The molecule has 0 amide bonds. The zero-order chi connectivity index (χ0) is 11.0. The first-order valence-corrected chi connectivity index (χ1v) is 6.63. The quantitative estimate of drug-likeness (QED) is 0.584. The topological polar surface area (TPSA) is 18.5 Å². The van der Waals surface area contributed by atoms with Crippen LogP contribution >= 0.6 is 0 Å². The van der Waals surface area contributed by atoms with Crippen LogP contribution in [0, 0.1) is 11.3 Å². The smallest absolute Gasteiger partial charge is 0.166 e. The van der Waals surface area contributed by atoms with Gasteiger partial charge < -0.3 is 9.47 Å². The van der Waals surface area contributed by atoms with Gasteiger partial charge in [-0.2, -0.15) is 0 Å². The van der Waals surface area contributed by atoms with Gasteiger partial charge in [0.05, 0.1) is 12.2 Å². The molecular formula is C14H20O2. The minimum atomic E-state index is -0.289. The standard InChI is InChI=1S/C14H20O2/c1-10-9-13-4-3-11(10)14(13)6-5-12(2,16-14)15-8-7-13/h9,11H,3-8H2,1-2H3/t11?,12?,13-,14?/m0/s1. The zero-order valence-corrected chi connectivity index (χ0v) is 10.2. The molecule has 4 aliphatic rings. The number of rotatable bonds is 0. The Hall–Kier alpha value is -0.340. The Kier molecular flexibility index (Phi) is 1.55. The Morgan fingerprint density at radius 3 is 2.94 bits per heavy atom. The molecule has 4 atom stereocenters. The molecule has 88 valence electrons.